The number of hydrogen-bond donors (Lipinski definition) is 4. The van der Waals surface area contributed by atoms with Crippen molar-refractivity contribution in [3.05, 3.63) is 12.2 Å². The number of likely N-dealkylation sites (tertiary alicyclic amines) is 1. The standard InChI is InChI=1S/C37H59N5O7S/c1-10-24-18-37(24,29(43)31(45)38-19-23-14-15-23)40-30(44)28-26-25(35(26,8)9)20-42(28)32(46)27(21(2)3)39-33(47)41-36(16-12-11-13-17-36)22(4)50(48,49)34(5,6)7/h22-28H,2,10-20H2,1,3-9H3,(H,38,45)(H,40,44)(H2,39,41,47)/t22-,24+,25-,26-,27-,28-,37-/m0/s1. The predicted molar refractivity (Wildman–Crippen MR) is 190 cm³/mol. The normalized spacial score (nSPS) is 30.6. The zero-order chi connectivity index (χ0) is 37.2. The number of ketones is 1. The Balaban J connectivity index is 1.33. The van der Waals surface area contributed by atoms with Gasteiger partial charge in [-0.3, -0.25) is 19.2 Å². The van der Waals surface area contributed by atoms with E-state index in [4.69, 9.17) is 0 Å². The van der Waals surface area contributed by atoms with E-state index >= 15 is 0 Å². The van der Waals surface area contributed by atoms with E-state index < -0.39 is 72.5 Å². The van der Waals surface area contributed by atoms with Crippen LogP contribution in [0.25, 0.3) is 0 Å². The molecule has 1 heterocycles. The van der Waals surface area contributed by atoms with Gasteiger partial charge in [-0.1, -0.05) is 53.0 Å². The lowest BCUT2D eigenvalue weighted by Gasteiger charge is -2.44. The van der Waals surface area contributed by atoms with Crippen molar-refractivity contribution in [3.63, 3.8) is 0 Å². The highest BCUT2D eigenvalue weighted by Gasteiger charge is 2.71. The number of urea groups is 1. The van der Waals surface area contributed by atoms with E-state index in [0.717, 1.165) is 32.1 Å². The lowest BCUT2D eigenvalue weighted by Crippen LogP contribution is -2.64. The Morgan fingerprint density at radius 3 is 2.14 bits per heavy atom. The summed E-state index contributed by atoms with van der Waals surface area (Å²) in [6.07, 6.45) is 6.49. The lowest BCUT2D eigenvalue weighted by molar-refractivity contribution is -0.144. The Kier molecular flexibility index (Phi) is 10.1. The molecular weight excluding hydrogens is 659 g/mol. The molecular formula is C37H59N5O7S. The van der Waals surface area contributed by atoms with E-state index in [1.54, 1.807) is 34.6 Å². The molecule has 1 aliphatic heterocycles. The molecule has 5 aliphatic rings. The van der Waals surface area contributed by atoms with Gasteiger partial charge in [0.1, 0.15) is 17.6 Å². The van der Waals surface area contributed by atoms with Gasteiger partial charge in [0.25, 0.3) is 5.91 Å². The second-order valence-corrected chi connectivity index (χ2v) is 20.6. The number of amides is 5. The van der Waals surface area contributed by atoms with Crippen LogP contribution in [0.1, 0.15) is 113 Å². The first kappa shape index (κ1) is 38.3. The minimum Gasteiger partial charge on any atom is -0.349 e. The average Bonchev–Trinajstić information content (AvgIpc) is 4.00. The molecule has 4 N–H and O–H groups in total. The number of carbonyl (C=O) groups excluding carboxylic acids is 5. The van der Waals surface area contributed by atoms with Gasteiger partial charge in [-0.2, -0.15) is 0 Å². The maximum Gasteiger partial charge on any atom is 0.316 e. The van der Waals surface area contributed by atoms with E-state index in [-0.39, 0.29) is 23.2 Å². The van der Waals surface area contributed by atoms with Crippen molar-refractivity contribution in [2.45, 2.75) is 146 Å². The quantitative estimate of drug-likeness (QED) is 0.167. The third-order valence-corrected chi connectivity index (χ3v) is 15.9. The Bertz CT molecular complexity index is 1540. The van der Waals surface area contributed by atoms with Crippen LogP contribution in [0.5, 0.6) is 0 Å². The van der Waals surface area contributed by atoms with E-state index in [0.29, 0.717) is 50.3 Å². The van der Waals surface area contributed by atoms with Crippen molar-refractivity contribution in [2.24, 2.45) is 29.1 Å². The summed E-state index contributed by atoms with van der Waals surface area (Å²) in [6.45, 7) is 19.0. The molecule has 1 saturated heterocycles. The molecule has 280 valence electrons. The molecule has 50 heavy (non-hydrogen) atoms. The monoisotopic (exact) mass is 717 g/mol. The molecule has 7 atom stereocenters. The van der Waals surface area contributed by atoms with Gasteiger partial charge in [0.15, 0.2) is 9.84 Å². The highest BCUT2D eigenvalue weighted by atomic mass is 32.2. The van der Waals surface area contributed by atoms with Gasteiger partial charge >= 0.3 is 6.03 Å². The number of Topliss-reactive ketones (excluding diaryl/α,β-unsaturated/α-hetero) is 1. The molecule has 0 aromatic heterocycles. The Morgan fingerprint density at radius 2 is 1.62 bits per heavy atom. The molecule has 4 aliphatic carbocycles. The molecule has 5 rings (SSSR count). The van der Waals surface area contributed by atoms with Gasteiger partial charge in [-0.25, -0.2) is 13.2 Å². The van der Waals surface area contributed by atoms with Crippen LogP contribution in [0.4, 0.5) is 4.79 Å². The van der Waals surface area contributed by atoms with Crippen molar-refractivity contribution in [2.75, 3.05) is 13.1 Å². The topological polar surface area (TPSA) is 171 Å². The summed E-state index contributed by atoms with van der Waals surface area (Å²) in [4.78, 5) is 70.1. The van der Waals surface area contributed by atoms with Crippen LogP contribution in [0, 0.1) is 29.1 Å². The minimum atomic E-state index is -3.64. The number of hydrogen-bond acceptors (Lipinski definition) is 7. The first-order chi connectivity index (χ1) is 23.1. The van der Waals surface area contributed by atoms with E-state index in [1.165, 1.54) is 4.90 Å². The molecule has 4 saturated carbocycles. The van der Waals surface area contributed by atoms with Crippen LogP contribution in [0.15, 0.2) is 12.2 Å². The molecule has 0 aromatic carbocycles. The number of rotatable bonds is 13. The number of carbonyl (C=O) groups is 5. The van der Waals surface area contributed by atoms with E-state index in [1.807, 2.05) is 6.92 Å². The van der Waals surface area contributed by atoms with Crippen LogP contribution >= 0.6 is 0 Å². The fourth-order valence-electron chi connectivity index (χ4n) is 8.86. The SMILES string of the molecule is C=C(C)[C@H](NC(=O)NC1([C@H](C)S(=O)(=O)C(C)(C)C)CCCCC1)C(=O)N1C[C@H]2[C@@H]([C@H]1C(=O)N[C@@]1(C(=O)C(=O)NCC3CC3)C[C@H]1CC)C2(C)C. The summed E-state index contributed by atoms with van der Waals surface area (Å²) >= 11 is 0. The van der Waals surface area contributed by atoms with Gasteiger partial charge in [0.2, 0.25) is 17.6 Å². The molecule has 5 amide bonds. The summed E-state index contributed by atoms with van der Waals surface area (Å²) in [5.41, 5.74) is -2.15. The average molecular weight is 718 g/mol. The second-order valence-electron chi connectivity index (χ2n) is 17.5. The predicted octanol–water partition coefficient (Wildman–Crippen LogP) is 3.40. The third kappa shape index (κ3) is 6.84. The summed E-state index contributed by atoms with van der Waals surface area (Å²) in [7, 11) is -3.64. The number of nitrogens with zero attached hydrogens (tertiary/aromatic N) is 1. The number of nitrogens with one attached hydrogen (secondary N) is 4. The van der Waals surface area contributed by atoms with E-state index in [2.05, 4.69) is 41.7 Å². The smallest absolute Gasteiger partial charge is 0.316 e. The van der Waals surface area contributed by atoms with Gasteiger partial charge in [-0.15, -0.1) is 0 Å². The fraction of sp³-hybridized carbons (Fsp3) is 0.811. The Labute approximate surface area is 298 Å². The van der Waals surface area contributed by atoms with Crippen molar-refractivity contribution in [1.82, 2.24) is 26.2 Å². The molecule has 0 radical (unpaired) electrons. The molecule has 0 unspecified atom stereocenters. The van der Waals surface area contributed by atoms with Gasteiger partial charge in [0, 0.05) is 13.1 Å². The molecule has 0 spiro atoms. The highest BCUT2D eigenvalue weighted by molar-refractivity contribution is 7.93. The first-order valence-corrected chi connectivity index (χ1v) is 20.1. The molecule has 12 nitrogen and oxygen atoms in total. The maximum atomic E-state index is 14.3. The van der Waals surface area contributed by atoms with Crippen LogP contribution in [-0.4, -0.2) is 89.1 Å². The summed E-state index contributed by atoms with van der Waals surface area (Å²) in [5.74, 6) is -2.18. The first-order valence-electron chi connectivity index (χ1n) is 18.6. The zero-order valence-electron chi connectivity index (χ0n) is 31.2. The number of fused-ring (bicyclic) bond motifs is 1. The second kappa shape index (κ2) is 13.2. The zero-order valence-corrected chi connectivity index (χ0v) is 32.1. The van der Waals surface area contributed by atoms with Crippen LogP contribution in [-0.2, 0) is 29.0 Å². The molecule has 0 aromatic rings. The van der Waals surface area contributed by atoms with Crippen LogP contribution in [0.3, 0.4) is 0 Å². The van der Waals surface area contributed by atoms with Crippen molar-refractivity contribution in [3.8, 4) is 0 Å². The number of piperidine rings is 1. The van der Waals surface area contributed by atoms with Gasteiger partial charge in [-0.05, 0) is 101 Å². The minimum absolute atomic E-state index is 0.0467. The van der Waals surface area contributed by atoms with Gasteiger partial charge < -0.3 is 26.2 Å². The lowest BCUT2D eigenvalue weighted by atomic mass is 9.79. The van der Waals surface area contributed by atoms with Gasteiger partial charge in [0.05, 0.1) is 15.5 Å². The third-order valence-electron chi connectivity index (χ3n) is 12.8. The van der Waals surface area contributed by atoms with Crippen molar-refractivity contribution >= 4 is 39.4 Å². The summed E-state index contributed by atoms with van der Waals surface area (Å²) in [5, 5.41) is 10.6. The fourth-order valence-corrected chi connectivity index (χ4v) is 10.8. The molecule has 13 heteroatoms. The summed E-state index contributed by atoms with van der Waals surface area (Å²) < 4.78 is 26.2. The summed E-state index contributed by atoms with van der Waals surface area (Å²) in [6, 6.07) is -2.73. The molecule has 0 bridgehead atoms. The molecule has 5 fully saturated rings. The number of sulfone groups is 1. The largest absolute Gasteiger partial charge is 0.349 e. The van der Waals surface area contributed by atoms with E-state index in [9.17, 15) is 32.4 Å². The van der Waals surface area contributed by atoms with Crippen molar-refractivity contribution < 1.29 is 32.4 Å². The maximum absolute atomic E-state index is 14.3. The van der Waals surface area contributed by atoms with Crippen LogP contribution < -0.4 is 21.3 Å². The highest BCUT2D eigenvalue weighted by Crippen LogP contribution is 2.65. The van der Waals surface area contributed by atoms with Crippen molar-refractivity contribution in [1.29, 1.82) is 0 Å². The Morgan fingerprint density at radius 1 is 1.00 bits per heavy atom. The van der Waals surface area contributed by atoms with Crippen LogP contribution in [0.2, 0.25) is 0 Å². The Hall–Kier alpha value is -2.96.